The standard InChI is InChI=1S/C11H18N4O3/c1-16-10-13-9(14-11(15-10)17-2)12-6-5-8-4-3-7-18-8/h8H,3-7H2,1-2H3,(H,12,13,14,15). The van der Waals surface area contributed by atoms with Crippen LogP contribution >= 0.6 is 0 Å². The average molecular weight is 254 g/mol. The molecule has 1 fully saturated rings. The Morgan fingerprint density at radius 2 is 1.94 bits per heavy atom. The van der Waals surface area contributed by atoms with Crippen LogP contribution in [0.3, 0.4) is 0 Å². The first kappa shape index (κ1) is 12.8. The molecule has 2 heterocycles. The van der Waals surface area contributed by atoms with E-state index in [1.807, 2.05) is 0 Å². The third-order valence-corrected chi connectivity index (χ3v) is 2.73. The van der Waals surface area contributed by atoms with E-state index in [0.717, 1.165) is 32.4 Å². The molecule has 1 atom stereocenters. The lowest BCUT2D eigenvalue weighted by Gasteiger charge is -2.10. The summed E-state index contributed by atoms with van der Waals surface area (Å²) in [5, 5.41) is 3.12. The summed E-state index contributed by atoms with van der Waals surface area (Å²) in [5.41, 5.74) is 0. The van der Waals surface area contributed by atoms with Gasteiger partial charge in [-0.15, -0.1) is 4.98 Å². The summed E-state index contributed by atoms with van der Waals surface area (Å²) >= 11 is 0. The normalized spacial score (nSPS) is 18.7. The van der Waals surface area contributed by atoms with Crippen LogP contribution in [0.25, 0.3) is 0 Å². The minimum Gasteiger partial charge on any atom is -0.467 e. The molecular formula is C11H18N4O3. The number of rotatable bonds is 6. The summed E-state index contributed by atoms with van der Waals surface area (Å²) < 4.78 is 15.5. The van der Waals surface area contributed by atoms with Gasteiger partial charge in [-0.3, -0.25) is 0 Å². The molecule has 1 aliphatic heterocycles. The lowest BCUT2D eigenvalue weighted by molar-refractivity contribution is 0.107. The number of aromatic nitrogens is 3. The first-order valence-corrected chi connectivity index (χ1v) is 6.01. The van der Waals surface area contributed by atoms with Crippen molar-refractivity contribution in [3.63, 3.8) is 0 Å². The fraction of sp³-hybridized carbons (Fsp3) is 0.727. The van der Waals surface area contributed by atoms with E-state index < -0.39 is 0 Å². The topological polar surface area (TPSA) is 78.4 Å². The Labute approximate surface area is 106 Å². The van der Waals surface area contributed by atoms with Gasteiger partial charge in [0.1, 0.15) is 0 Å². The smallest absolute Gasteiger partial charge is 0.324 e. The molecule has 1 unspecified atom stereocenters. The van der Waals surface area contributed by atoms with E-state index in [1.165, 1.54) is 14.2 Å². The van der Waals surface area contributed by atoms with Gasteiger partial charge in [0.05, 0.1) is 20.3 Å². The molecule has 0 aromatic carbocycles. The van der Waals surface area contributed by atoms with Gasteiger partial charge in [0.15, 0.2) is 0 Å². The van der Waals surface area contributed by atoms with Gasteiger partial charge in [-0.25, -0.2) is 0 Å². The molecule has 1 N–H and O–H groups in total. The van der Waals surface area contributed by atoms with Crippen molar-refractivity contribution in [3.8, 4) is 12.0 Å². The SMILES string of the molecule is COc1nc(NCCC2CCCO2)nc(OC)n1. The van der Waals surface area contributed by atoms with Crippen LogP contribution in [0.5, 0.6) is 12.0 Å². The van der Waals surface area contributed by atoms with Gasteiger partial charge in [0.2, 0.25) is 5.95 Å². The van der Waals surface area contributed by atoms with Crippen LogP contribution in [-0.4, -0.2) is 48.4 Å². The molecule has 0 aliphatic carbocycles. The lowest BCUT2D eigenvalue weighted by atomic mass is 10.2. The number of hydrogen-bond donors (Lipinski definition) is 1. The Kier molecular flexibility index (Phi) is 4.52. The van der Waals surface area contributed by atoms with Gasteiger partial charge < -0.3 is 19.5 Å². The maximum absolute atomic E-state index is 5.54. The fourth-order valence-electron chi connectivity index (χ4n) is 1.82. The molecule has 2 rings (SSSR count). The highest BCUT2D eigenvalue weighted by atomic mass is 16.5. The lowest BCUT2D eigenvalue weighted by Crippen LogP contribution is -2.14. The predicted octanol–water partition coefficient (Wildman–Crippen LogP) is 0.870. The summed E-state index contributed by atoms with van der Waals surface area (Å²) in [7, 11) is 3.01. The molecule has 1 saturated heterocycles. The van der Waals surface area contributed by atoms with E-state index in [4.69, 9.17) is 14.2 Å². The molecule has 0 bridgehead atoms. The van der Waals surface area contributed by atoms with Gasteiger partial charge in [-0.1, -0.05) is 0 Å². The Morgan fingerprint density at radius 3 is 2.50 bits per heavy atom. The van der Waals surface area contributed by atoms with Crippen LogP contribution < -0.4 is 14.8 Å². The first-order chi connectivity index (χ1) is 8.81. The van der Waals surface area contributed by atoms with Crippen LogP contribution in [0.15, 0.2) is 0 Å². The highest BCUT2D eigenvalue weighted by Gasteiger charge is 2.15. The van der Waals surface area contributed by atoms with E-state index >= 15 is 0 Å². The monoisotopic (exact) mass is 254 g/mol. The molecule has 100 valence electrons. The largest absolute Gasteiger partial charge is 0.467 e. The van der Waals surface area contributed by atoms with E-state index in [1.54, 1.807) is 0 Å². The van der Waals surface area contributed by atoms with E-state index in [2.05, 4.69) is 20.3 Å². The van der Waals surface area contributed by atoms with Crippen molar-refractivity contribution in [3.05, 3.63) is 0 Å². The second-order valence-corrected chi connectivity index (χ2v) is 3.98. The number of ether oxygens (including phenoxy) is 3. The van der Waals surface area contributed by atoms with Crippen molar-refractivity contribution >= 4 is 5.95 Å². The number of nitrogens with zero attached hydrogens (tertiary/aromatic N) is 3. The molecule has 0 radical (unpaired) electrons. The minimum absolute atomic E-state index is 0.237. The minimum atomic E-state index is 0.237. The van der Waals surface area contributed by atoms with Crippen molar-refractivity contribution in [2.24, 2.45) is 0 Å². The van der Waals surface area contributed by atoms with Crippen LogP contribution in [0.1, 0.15) is 19.3 Å². The molecule has 18 heavy (non-hydrogen) atoms. The van der Waals surface area contributed by atoms with E-state index in [-0.39, 0.29) is 12.0 Å². The summed E-state index contributed by atoms with van der Waals surface area (Å²) in [6.07, 6.45) is 3.57. The molecule has 0 saturated carbocycles. The number of methoxy groups -OCH3 is 2. The van der Waals surface area contributed by atoms with Crippen LogP contribution in [0.4, 0.5) is 5.95 Å². The highest BCUT2D eigenvalue weighted by molar-refractivity contribution is 5.27. The number of anilines is 1. The zero-order valence-corrected chi connectivity index (χ0v) is 10.7. The quantitative estimate of drug-likeness (QED) is 0.806. The summed E-state index contributed by atoms with van der Waals surface area (Å²) in [6, 6.07) is 0.475. The van der Waals surface area contributed by atoms with Crippen molar-refractivity contribution in [1.82, 2.24) is 15.0 Å². The number of nitrogens with one attached hydrogen (secondary N) is 1. The maximum Gasteiger partial charge on any atom is 0.324 e. The van der Waals surface area contributed by atoms with Gasteiger partial charge >= 0.3 is 12.0 Å². The summed E-state index contributed by atoms with van der Waals surface area (Å²) in [6.45, 7) is 1.62. The second-order valence-electron chi connectivity index (χ2n) is 3.98. The number of hydrogen-bond acceptors (Lipinski definition) is 7. The summed E-state index contributed by atoms with van der Waals surface area (Å²) in [5.74, 6) is 0.455. The molecule has 0 amide bonds. The zero-order chi connectivity index (χ0) is 12.8. The van der Waals surface area contributed by atoms with Crippen LogP contribution in [0.2, 0.25) is 0 Å². The predicted molar refractivity (Wildman–Crippen MR) is 65.0 cm³/mol. The first-order valence-electron chi connectivity index (χ1n) is 6.01. The molecule has 1 aromatic heterocycles. The van der Waals surface area contributed by atoms with E-state index in [9.17, 15) is 0 Å². The zero-order valence-electron chi connectivity index (χ0n) is 10.7. The molecule has 7 heteroatoms. The van der Waals surface area contributed by atoms with Crippen molar-refractivity contribution in [1.29, 1.82) is 0 Å². The molecule has 0 spiro atoms. The average Bonchev–Trinajstić information content (AvgIpc) is 2.91. The maximum atomic E-state index is 5.54. The molecule has 7 nitrogen and oxygen atoms in total. The molecular weight excluding hydrogens is 236 g/mol. The Balaban J connectivity index is 1.87. The van der Waals surface area contributed by atoms with Crippen LogP contribution in [-0.2, 0) is 4.74 Å². The fourth-order valence-corrected chi connectivity index (χ4v) is 1.82. The van der Waals surface area contributed by atoms with Crippen molar-refractivity contribution < 1.29 is 14.2 Å². The van der Waals surface area contributed by atoms with Crippen LogP contribution in [0, 0.1) is 0 Å². The Morgan fingerprint density at radius 1 is 1.22 bits per heavy atom. The molecule has 1 aliphatic rings. The van der Waals surface area contributed by atoms with Crippen molar-refractivity contribution in [2.45, 2.75) is 25.4 Å². The van der Waals surface area contributed by atoms with Gasteiger partial charge in [0, 0.05) is 13.2 Å². The van der Waals surface area contributed by atoms with Gasteiger partial charge in [-0.05, 0) is 19.3 Å². The third kappa shape index (κ3) is 3.43. The Bertz CT molecular complexity index is 360. The highest BCUT2D eigenvalue weighted by Crippen LogP contribution is 2.16. The third-order valence-electron chi connectivity index (χ3n) is 2.73. The van der Waals surface area contributed by atoms with Crippen molar-refractivity contribution in [2.75, 3.05) is 32.7 Å². The Hall–Kier alpha value is -1.63. The molecule has 1 aromatic rings. The van der Waals surface area contributed by atoms with Gasteiger partial charge in [0.25, 0.3) is 0 Å². The second kappa shape index (κ2) is 6.34. The van der Waals surface area contributed by atoms with Gasteiger partial charge in [-0.2, -0.15) is 9.97 Å². The van der Waals surface area contributed by atoms with E-state index in [0.29, 0.717) is 12.1 Å². The summed E-state index contributed by atoms with van der Waals surface area (Å²) in [4.78, 5) is 12.1.